The van der Waals surface area contributed by atoms with Crippen LogP contribution in [0.3, 0.4) is 0 Å². The molecule has 0 bridgehead atoms. The average Bonchev–Trinajstić information content (AvgIpc) is 3.33. The summed E-state index contributed by atoms with van der Waals surface area (Å²) in [6, 6.07) is 10.5. The molecule has 8 heteroatoms. The van der Waals surface area contributed by atoms with Crippen LogP contribution in [0.2, 0.25) is 0 Å². The Bertz CT molecular complexity index is 1110. The molecule has 0 spiro atoms. The van der Waals surface area contributed by atoms with Crippen LogP contribution < -0.4 is 14.8 Å². The molecule has 0 amide bonds. The Morgan fingerprint density at radius 1 is 1.17 bits per heavy atom. The molecule has 2 aromatic carbocycles. The van der Waals surface area contributed by atoms with Gasteiger partial charge in [0.2, 0.25) is 0 Å². The topological polar surface area (TPSA) is 98.9 Å². The van der Waals surface area contributed by atoms with Crippen LogP contribution in [0.1, 0.15) is 27.7 Å². The zero-order chi connectivity index (χ0) is 21.3. The molecule has 0 unspecified atom stereocenters. The van der Waals surface area contributed by atoms with Crippen molar-refractivity contribution in [2.45, 2.75) is 18.7 Å². The van der Waals surface area contributed by atoms with Crippen LogP contribution in [0.5, 0.6) is 11.5 Å². The largest absolute Gasteiger partial charge is 0.493 e. The van der Waals surface area contributed by atoms with Crippen LogP contribution in [-0.4, -0.2) is 44.3 Å². The van der Waals surface area contributed by atoms with Crippen LogP contribution in [0.25, 0.3) is 10.9 Å². The minimum absolute atomic E-state index is 0.282. The van der Waals surface area contributed by atoms with Gasteiger partial charge >= 0.3 is 11.9 Å². The predicted octanol–water partition coefficient (Wildman–Crippen LogP) is 2.73. The second-order valence-corrected chi connectivity index (χ2v) is 6.86. The van der Waals surface area contributed by atoms with E-state index in [4.69, 9.17) is 18.9 Å². The first-order chi connectivity index (χ1) is 14.6. The third-order valence-electron chi connectivity index (χ3n) is 5.23. The molecule has 2 atom stereocenters. The molecule has 4 rings (SSSR count). The van der Waals surface area contributed by atoms with Crippen molar-refractivity contribution in [3.05, 3.63) is 59.3 Å². The number of cyclic esters (lactones) is 1. The summed E-state index contributed by atoms with van der Waals surface area (Å²) in [7, 11) is 4.28. The zero-order valence-corrected chi connectivity index (χ0v) is 16.9. The number of hydrogen-bond acceptors (Lipinski definition) is 7. The van der Waals surface area contributed by atoms with E-state index in [1.165, 1.54) is 21.3 Å². The van der Waals surface area contributed by atoms with Crippen molar-refractivity contribution in [2.75, 3.05) is 21.3 Å². The smallest absolute Gasteiger partial charge is 0.344 e. The maximum atomic E-state index is 12.5. The van der Waals surface area contributed by atoms with E-state index in [1.54, 1.807) is 12.1 Å². The normalized spacial score (nSPS) is 16.1. The number of benzene rings is 2. The molecular formula is C22H22N2O6. The van der Waals surface area contributed by atoms with E-state index in [0.29, 0.717) is 23.5 Å². The van der Waals surface area contributed by atoms with E-state index in [-0.39, 0.29) is 5.56 Å². The van der Waals surface area contributed by atoms with Gasteiger partial charge in [-0.3, -0.25) is 10.1 Å². The Balaban J connectivity index is 1.64. The van der Waals surface area contributed by atoms with Crippen molar-refractivity contribution in [1.82, 2.24) is 10.3 Å². The van der Waals surface area contributed by atoms with E-state index >= 15 is 0 Å². The zero-order valence-electron chi connectivity index (χ0n) is 16.9. The Morgan fingerprint density at radius 3 is 2.70 bits per heavy atom. The van der Waals surface area contributed by atoms with Gasteiger partial charge in [-0.25, -0.2) is 4.79 Å². The van der Waals surface area contributed by atoms with Gasteiger partial charge in [-0.15, -0.1) is 0 Å². The third-order valence-corrected chi connectivity index (χ3v) is 5.23. The molecule has 3 aromatic rings. The van der Waals surface area contributed by atoms with Gasteiger partial charge in [0, 0.05) is 29.1 Å². The molecular weight excluding hydrogens is 388 g/mol. The average molecular weight is 410 g/mol. The fourth-order valence-electron chi connectivity index (χ4n) is 3.78. The minimum atomic E-state index is -0.818. The van der Waals surface area contributed by atoms with E-state index in [1.807, 2.05) is 30.5 Å². The number of hydrogen-bond donors (Lipinski definition) is 2. The second kappa shape index (κ2) is 8.08. The number of ether oxygens (including phenoxy) is 4. The highest BCUT2D eigenvalue weighted by Gasteiger charge is 2.38. The lowest BCUT2D eigenvalue weighted by Crippen LogP contribution is -2.41. The fourth-order valence-corrected chi connectivity index (χ4v) is 3.78. The first-order valence-corrected chi connectivity index (χ1v) is 9.42. The molecule has 0 saturated heterocycles. The molecule has 0 radical (unpaired) electrons. The van der Waals surface area contributed by atoms with Crippen LogP contribution in [0.4, 0.5) is 0 Å². The van der Waals surface area contributed by atoms with Crippen molar-refractivity contribution < 1.29 is 28.5 Å². The molecule has 2 heterocycles. The number of carbonyl (C=O) groups excluding carboxylic acids is 2. The molecule has 0 saturated carbocycles. The quantitative estimate of drug-likeness (QED) is 0.578. The molecule has 8 nitrogen and oxygen atoms in total. The number of aromatic amines is 1. The Labute approximate surface area is 173 Å². The number of nitrogens with one attached hydrogen (secondary N) is 2. The number of esters is 2. The molecule has 0 aliphatic carbocycles. The molecule has 1 aliphatic heterocycles. The Hall–Kier alpha value is -3.52. The monoisotopic (exact) mass is 410 g/mol. The number of rotatable bonds is 7. The number of methoxy groups -OCH3 is 3. The number of H-pyrrole nitrogens is 1. The van der Waals surface area contributed by atoms with Crippen molar-refractivity contribution >= 4 is 22.8 Å². The summed E-state index contributed by atoms with van der Waals surface area (Å²) in [5.41, 5.74) is 2.78. The highest BCUT2D eigenvalue weighted by Crippen LogP contribution is 2.41. The number of carbonyl (C=O) groups is 2. The summed E-state index contributed by atoms with van der Waals surface area (Å²) in [6.45, 7) is 0. The maximum Gasteiger partial charge on any atom is 0.344 e. The molecule has 1 aromatic heterocycles. The summed E-state index contributed by atoms with van der Waals surface area (Å²) in [4.78, 5) is 28.2. The van der Waals surface area contributed by atoms with Crippen molar-refractivity contribution in [1.29, 1.82) is 0 Å². The van der Waals surface area contributed by atoms with Gasteiger partial charge in [-0.1, -0.05) is 18.2 Å². The third kappa shape index (κ3) is 3.35. The first-order valence-electron chi connectivity index (χ1n) is 9.42. The number of para-hydroxylation sites is 1. The predicted molar refractivity (Wildman–Crippen MR) is 109 cm³/mol. The van der Waals surface area contributed by atoms with E-state index in [2.05, 4.69) is 10.3 Å². The Kier molecular flexibility index (Phi) is 5.33. The van der Waals surface area contributed by atoms with Gasteiger partial charge in [-0.05, 0) is 23.8 Å². The van der Waals surface area contributed by atoms with Gasteiger partial charge in [0.1, 0.15) is 11.6 Å². The summed E-state index contributed by atoms with van der Waals surface area (Å²) < 4.78 is 21.1. The van der Waals surface area contributed by atoms with Gasteiger partial charge in [0.05, 0.1) is 21.3 Å². The van der Waals surface area contributed by atoms with Gasteiger partial charge in [-0.2, -0.15) is 0 Å². The highest BCUT2D eigenvalue weighted by atomic mass is 16.6. The highest BCUT2D eigenvalue weighted by molar-refractivity contribution is 5.98. The summed E-state index contributed by atoms with van der Waals surface area (Å²) in [5, 5.41) is 4.13. The lowest BCUT2D eigenvalue weighted by atomic mass is 10.0. The maximum absolute atomic E-state index is 12.5. The van der Waals surface area contributed by atoms with Gasteiger partial charge in [0.15, 0.2) is 17.7 Å². The molecule has 156 valence electrons. The number of aromatic nitrogens is 1. The fraction of sp³-hybridized carbons (Fsp3) is 0.273. The van der Waals surface area contributed by atoms with Crippen LogP contribution >= 0.6 is 0 Å². The lowest BCUT2D eigenvalue weighted by Gasteiger charge is -2.21. The van der Waals surface area contributed by atoms with Crippen LogP contribution in [-0.2, 0) is 20.7 Å². The van der Waals surface area contributed by atoms with E-state index < -0.39 is 24.2 Å². The molecule has 30 heavy (non-hydrogen) atoms. The van der Waals surface area contributed by atoms with Gasteiger partial charge in [0.25, 0.3) is 0 Å². The van der Waals surface area contributed by atoms with Crippen molar-refractivity contribution in [3.63, 3.8) is 0 Å². The second-order valence-electron chi connectivity index (χ2n) is 6.86. The van der Waals surface area contributed by atoms with Crippen LogP contribution in [0, 0.1) is 0 Å². The molecule has 0 fully saturated rings. The summed E-state index contributed by atoms with van der Waals surface area (Å²) in [5.74, 6) is -0.271. The first kappa shape index (κ1) is 19.8. The van der Waals surface area contributed by atoms with Crippen LogP contribution in [0.15, 0.2) is 42.6 Å². The molecule has 1 aliphatic rings. The van der Waals surface area contributed by atoms with E-state index in [0.717, 1.165) is 16.5 Å². The van der Waals surface area contributed by atoms with Gasteiger partial charge < -0.3 is 23.9 Å². The Morgan fingerprint density at radius 2 is 1.97 bits per heavy atom. The summed E-state index contributed by atoms with van der Waals surface area (Å²) in [6.07, 6.45) is 1.40. The lowest BCUT2D eigenvalue weighted by molar-refractivity contribution is -0.144. The van der Waals surface area contributed by atoms with Crippen molar-refractivity contribution in [2.24, 2.45) is 0 Å². The van der Waals surface area contributed by atoms with Crippen molar-refractivity contribution in [3.8, 4) is 11.5 Å². The SMILES string of the molecule is COC(=O)[C@H](Cc1c[nH]c2ccccc12)N[C@H]1OC(=O)c2c1ccc(OC)c2OC. The minimum Gasteiger partial charge on any atom is -0.493 e. The summed E-state index contributed by atoms with van der Waals surface area (Å²) >= 11 is 0. The van der Waals surface area contributed by atoms with E-state index in [9.17, 15) is 9.59 Å². The standard InChI is InChI=1S/C22H22N2O6/c1-27-17-9-8-14-18(19(17)28-2)22(26)30-20(14)24-16(21(25)29-3)10-12-11-23-15-7-5-4-6-13(12)15/h4-9,11,16,20,23-24H,10H2,1-3H3/t16-,20-/m0/s1. The number of fused-ring (bicyclic) bond motifs is 2. The molecule has 2 N–H and O–H groups in total.